The number of amides is 1. The van der Waals surface area contributed by atoms with Gasteiger partial charge in [-0.25, -0.2) is 4.39 Å². The Balaban J connectivity index is 1.67. The number of likely N-dealkylation sites (N-methyl/N-ethyl adjacent to an activating group) is 1. The highest BCUT2D eigenvalue weighted by atomic mass is 19.1. The number of quaternary nitrogens is 1. The number of fused-ring (bicyclic) bond motifs is 1. The summed E-state index contributed by atoms with van der Waals surface area (Å²) in [6, 6.07) is 13.0. The molecule has 1 saturated heterocycles. The normalized spacial score (nSPS) is 16.2. The molecule has 5 heteroatoms. The van der Waals surface area contributed by atoms with Crippen molar-refractivity contribution in [3.63, 3.8) is 0 Å². The van der Waals surface area contributed by atoms with Crippen LogP contribution >= 0.6 is 0 Å². The van der Waals surface area contributed by atoms with Gasteiger partial charge in [0, 0.05) is 29.4 Å². The standard InChI is InChI=1S/C25H30FN3O/c1-3-18-7-6-10-21-23(17-27-25(18)21)22(19-8-5-9-20(26)15-19)16-24(30)29-13-11-28(4-2)12-14-29/h5-10,15,17,22,27H,3-4,11-14,16H2,1-2H3/p+1/t22-/m1/s1. The molecule has 158 valence electrons. The van der Waals surface area contributed by atoms with Gasteiger partial charge in [0.15, 0.2) is 0 Å². The average Bonchev–Trinajstić information content (AvgIpc) is 3.21. The number of nitrogens with one attached hydrogen (secondary N) is 2. The minimum absolute atomic E-state index is 0.153. The third-order valence-electron chi connectivity index (χ3n) is 6.54. The molecule has 2 aromatic carbocycles. The first kappa shape index (κ1) is 20.6. The Morgan fingerprint density at radius 3 is 2.63 bits per heavy atom. The van der Waals surface area contributed by atoms with E-state index in [1.165, 1.54) is 11.6 Å². The zero-order valence-corrected chi connectivity index (χ0v) is 17.9. The SMILES string of the molecule is CCc1cccc2c([C@H](CC(=O)N3CC[NH+](CC)CC3)c3cccc(F)c3)c[nH]c12. The van der Waals surface area contributed by atoms with E-state index in [1.807, 2.05) is 17.2 Å². The molecule has 2 N–H and O–H groups in total. The van der Waals surface area contributed by atoms with Gasteiger partial charge in [0.2, 0.25) is 5.91 Å². The van der Waals surface area contributed by atoms with Crippen molar-refractivity contribution in [2.24, 2.45) is 0 Å². The van der Waals surface area contributed by atoms with Crippen molar-refractivity contribution in [1.29, 1.82) is 0 Å². The Hall–Kier alpha value is -2.66. The summed E-state index contributed by atoms with van der Waals surface area (Å²) in [6.45, 7) is 9.02. The van der Waals surface area contributed by atoms with Gasteiger partial charge in [0.1, 0.15) is 5.82 Å². The number of hydrogen-bond acceptors (Lipinski definition) is 1. The largest absolute Gasteiger partial charge is 0.361 e. The summed E-state index contributed by atoms with van der Waals surface area (Å²) in [7, 11) is 0. The number of carbonyl (C=O) groups is 1. The van der Waals surface area contributed by atoms with Gasteiger partial charge in [-0.3, -0.25) is 4.79 Å². The highest BCUT2D eigenvalue weighted by Crippen LogP contribution is 2.35. The van der Waals surface area contributed by atoms with Crippen LogP contribution in [0.4, 0.5) is 4.39 Å². The topological polar surface area (TPSA) is 40.5 Å². The molecule has 0 radical (unpaired) electrons. The lowest BCUT2D eigenvalue weighted by Crippen LogP contribution is -3.14. The van der Waals surface area contributed by atoms with Crippen molar-refractivity contribution in [2.75, 3.05) is 32.7 Å². The Morgan fingerprint density at radius 2 is 1.93 bits per heavy atom. The number of halogens is 1. The maximum absolute atomic E-state index is 14.1. The third-order valence-corrected chi connectivity index (χ3v) is 6.54. The number of piperazine rings is 1. The first-order chi connectivity index (χ1) is 14.6. The van der Waals surface area contributed by atoms with Crippen LogP contribution in [0.5, 0.6) is 0 Å². The Kier molecular flexibility index (Phi) is 6.18. The molecule has 30 heavy (non-hydrogen) atoms. The summed E-state index contributed by atoms with van der Waals surface area (Å²) >= 11 is 0. The monoisotopic (exact) mass is 408 g/mol. The van der Waals surface area contributed by atoms with Gasteiger partial charge >= 0.3 is 0 Å². The van der Waals surface area contributed by atoms with E-state index in [2.05, 4.69) is 37.0 Å². The predicted molar refractivity (Wildman–Crippen MR) is 118 cm³/mol. The van der Waals surface area contributed by atoms with E-state index in [0.29, 0.717) is 6.42 Å². The molecule has 4 nitrogen and oxygen atoms in total. The number of aromatic amines is 1. The number of nitrogens with zero attached hydrogens (tertiary/aromatic N) is 1. The summed E-state index contributed by atoms with van der Waals surface area (Å²) in [4.78, 5) is 20.2. The molecule has 1 aliphatic heterocycles. The first-order valence-electron chi connectivity index (χ1n) is 11.1. The van der Waals surface area contributed by atoms with E-state index >= 15 is 0 Å². The van der Waals surface area contributed by atoms with Crippen molar-refractivity contribution in [1.82, 2.24) is 9.88 Å². The molecular weight excluding hydrogens is 377 g/mol. The number of H-pyrrole nitrogens is 1. The number of aromatic nitrogens is 1. The fourth-order valence-corrected chi connectivity index (χ4v) is 4.68. The summed E-state index contributed by atoms with van der Waals surface area (Å²) in [6.07, 6.45) is 3.30. The Labute approximate surface area is 177 Å². The van der Waals surface area contributed by atoms with E-state index in [1.54, 1.807) is 17.0 Å². The molecule has 2 heterocycles. The lowest BCUT2D eigenvalue weighted by atomic mass is 9.87. The molecule has 4 rings (SSSR count). The summed E-state index contributed by atoms with van der Waals surface area (Å²) in [5.74, 6) is -0.287. The van der Waals surface area contributed by atoms with Gasteiger partial charge in [-0.1, -0.05) is 37.3 Å². The molecule has 0 spiro atoms. The van der Waals surface area contributed by atoms with Crippen molar-refractivity contribution in [3.8, 4) is 0 Å². The van der Waals surface area contributed by atoms with Crippen LogP contribution in [0, 0.1) is 5.82 Å². The van der Waals surface area contributed by atoms with Crippen molar-refractivity contribution >= 4 is 16.8 Å². The quantitative estimate of drug-likeness (QED) is 0.646. The predicted octanol–water partition coefficient (Wildman–Crippen LogP) is 3.14. The van der Waals surface area contributed by atoms with Gasteiger partial charge in [0.05, 0.1) is 32.7 Å². The van der Waals surface area contributed by atoms with Crippen LogP contribution in [-0.4, -0.2) is 48.5 Å². The highest BCUT2D eigenvalue weighted by molar-refractivity contribution is 5.88. The third kappa shape index (κ3) is 4.12. The van der Waals surface area contributed by atoms with Crippen LogP contribution in [0.25, 0.3) is 10.9 Å². The average molecular weight is 409 g/mol. The highest BCUT2D eigenvalue weighted by Gasteiger charge is 2.28. The zero-order valence-electron chi connectivity index (χ0n) is 17.9. The molecule has 0 saturated carbocycles. The fourth-order valence-electron chi connectivity index (χ4n) is 4.68. The van der Waals surface area contributed by atoms with Gasteiger partial charge in [0.25, 0.3) is 0 Å². The molecular formula is C25H31FN3O+. The fraction of sp³-hybridized carbons (Fsp3) is 0.400. The first-order valence-corrected chi connectivity index (χ1v) is 11.1. The minimum atomic E-state index is -0.265. The maximum atomic E-state index is 14.1. The maximum Gasteiger partial charge on any atom is 0.223 e. The lowest BCUT2D eigenvalue weighted by molar-refractivity contribution is -0.902. The summed E-state index contributed by atoms with van der Waals surface area (Å²) < 4.78 is 14.1. The Morgan fingerprint density at radius 1 is 1.17 bits per heavy atom. The lowest BCUT2D eigenvalue weighted by Gasteiger charge is -2.32. The van der Waals surface area contributed by atoms with Crippen LogP contribution < -0.4 is 4.90 Å². The van der Waals surface area contributed by atoms with Crippen molar-refractivity contribution < 1.29 is 14.1 Å². The van der Waals surface area contributed by atoms with Gasteiger partial charge in [-0.15, -0.1) is 0 Å². The molecule has 1 aliphatic rings. The second-order valence-corrected chi connectivity index (χ2v) is 8.23. The van der Waals surface area contributed by atoms with Crippen LogP contribution in [0.3, 0.4) is 0 Å². The van der Waals surface area contributed by atoms with E-state index in [0.717, 1.165) is 61.2 Å². The Bertz CT molecular complexity index is 1020. The number of para-hydroxylation sites is 1. The summed E-state index contributed by atoms with van der Waals surface area (Å²) in [5.41, 5.74) is 4.28. The second kappa shape index (κ2) is 9.00. The number of aryl methyl sites for hydroxylation is 1. The molecule has 1 amide bonds. The van der Waals surface area contributed by atoms with Gasteiger partial charge < -0.3 is 14.8 Å². The molecule has 1 atom stereocenters. The van der Waals surface area contributed by atoms with Gasteiger partial charge in [-0.2, -0.15) is 0 Å². The van der Waals surface area contributed by atoms with E-state index < -0.39 is 0 Å². The smallest absolute Gasteiger partial charge is 0.223 e. The summed E-state index contributed by atoms with van der Waals surface area (Å²) in [5, 5.41) is 1.12. The van der Waals surface area contributed by atoms with Crippen molar-refractivity contribution in [3.05, 3.63) is 71.2 Å². The van der Waals surface area contributed by atoms with E-state index in [9.17, 15) is 9.18 Å². The molecule has 0 bridgehead atoms. The van der Waals surface area contributed by atoms with Crippen molar-refractivity contribution in [2.45, 2.75) is 32.6 Å². The number of benzene rings is 2. The molecule has 0 unspecified atom stereocenters. The van der Waals surface area contributed by atoms with E-state index in [-0.39, 0.29) is 17.6 Å². The number of carbonyl (C=O) groups excluding carboxylic acids is 1. The molecule has 0 aliphatic carbocycles. The molecule has 1 aromatic heterocycles. The molecule has 1 fully saturated rings. The second-order valence-electron chi connectivity index (χ2n) is 8.23. The van der Waals surface area contributed by atoms with Crippen LogP contribution in [0.1, 0.15) is 42.9 Å². The van der Waals surface area contributed by atoms with E-state index in [4.69, 9.17) is 0 Å². The number of hydrogen-bond donors (Lipinski definition) is 2. The van der Waals surface area contributed by atoms with Gasteiger partial charge in [-0.05, 0) is 42.2 Å². The minimum Gasteiger partial charge on any atom is -0.361 e. The number of rotatable bonds is 6. The van der Waals surface area contributed by atoms with Crippen LogP contribution in [0.2, 0.25) is 0 Å². The molecule has 3 aromatic rings. The zero-order chi connectivity index (χ0) is 21.1. The van der Waals surface area contributed by atoms with Crippen LogP contribution in [-0.2, 0) is 11.2 Å². The van der Waals surface area contributed by atoms with Crippen LogP contribution in [0.15, 0.2) is 48.7 Å².